The van der Waals surface area contributed by atoms with Crippen LogP contribution in [0.5, 0.6) is 0 Å². The number of fused-ring (bicyclic) bond motifs is 2. The lowest BCUT2D eigenvalue weighted by Gasteiger charge is -2.43. The van der Waals surface area contributed by atoms with Crippen LogP contribution in [0.2, 0.25) is 5.02 Å². The lowest BCUT2D eigenvalue weighted by Crippen LogP contribution is -2.49. The highest BCUT2D eigenvalue weighted by molar-refractivity contribution is 6.30. The van der Waals surface area contributed by atoms with Crippen LogP contribution in [0.15, 0.2) is 53.5 Å². The second kappa shape index (κ2) is 6.54. The Kier molecular flexibility index (Phi) is 4.38. The zero-order chi connectivity index (χ0) is 16.1. The van der Waals surface area contributed by atoms with Crippen LogP contribution in [0.25, 0.3) is 0 Å². The monoisotopic (exact) mass is 373 g/mol. The summed E-state index contributed by atoms with van der Waals surface area (Å²) in [5, 5.41) is 0.806. The Bertz CT molecular complexity index is 802. The number of guanidine groups is 1. The summed E-state index contributed by atoms with van der Waals surface area (Å²) in [6.45, 7) is 2.93. The smallest absolute Gasteiger partial charge is 0.202 e. The van der Waals surface area contributed by atoms with Crippen molar-refractivity contribution in [1.29, 1.82) is 0 Å². The summed E-state index contributed by atoms with van der Waals surface area (Å²) in [5.41, 5.74) is 3.88. The van der Waals surface area contributed by atoms with Crippen LogP contribution in [-0.4, -0.2) is 30.5 Å². The molecule has 3 aliphatic rings. The molecule has 3 nitrogen and oxygen atoms in total. The molecule has 1 saturated carbocycles. The normalized spacial score (nSPS) is 21.3. The Balaban J connectivity index is 0.00000157. The minimum Gasteiger partial charge on any atom is -0.329 e. The van der Waals surface area contributed by atoms with E-state index in [1.54, 1.807) is 0 Å². The Morgan fingerprint density at radius 2 is 1.88 bits per heavy atom. The summed E-state index contributed by atoms with van der Waals surface area (Å²) in [6.07, 6.45) is 2.68. The van der Waals surface area contributed by atoms with Gasteiger partial charge in [-0.15, -0.1) is 12.4 Å². The number of benzene rings is 2. The van der Waals surface area contributed by atoms with Gasteiger partial charge in [0.05, 0.1) is 12.6 Å². The van der Waals surface area contributed by atoms with Crippen molar-refractivity contribution in [1.82, 2.24) is 4.90 Å². The van der Waals surface area contributed by atoms with Gasteiger partial charge in [-0.3, -0.25) is 4.99 Å². The maximum atomic E-state index is 6.37. The molecule has 0 saturated heterocycles. The number of hydrogen-bond donors (Lipinski definition) is 0. The number of aliphatic imine (C=N–C) groups is 1. The topological polar surface area (TPSA) is 18.8 Å². The highest BCUT2D eigenvalue weighted by Crippen LogP contribution is 2.44. The summed E-state index contributed by atoms with van der Waals surface area (Å²) in [7, 11) is 0. The first kappa shape index (κ1) is 16.7. The van der Waals surface area contributed by atoms with Crippen LogP contribution < -0.4 is 4.90 Å². The first-order chi connectivity index (χ1) is 11.8. The van der Waals surface area contributed by atoms with E-state index in [9.17, 15) is 0 Å². The van der Waals surface area contributed by atoms with Crippen molar-refractivity contribution in [3.8, 4) is 0 Å². The van der Waals surface area contributed by atoms with Crippen molar-refractivity contribution in [2.45, 2.75) is 18.9 Å². The molecule has 2 heterocycles. The summed E-state index contributed by atoms with van der Waals surface area (Å²) in [6, 6.07) is 17.3. The van der Waals surface area contributed by atoms with E-state index < -0.39 is 0 Å². The van der Waals surface area contributed by atoms with Gasteiger partial charge in [-0.2, -0.15) is 0 Å². The van der Waals surface area contributed by atoms with E-state index in [-0.39, 0.29) is 18.4 Å². The third-order valence-corrected chi connectivity index (χ3v) is 5.47. The largest absolute Gasteiger partial charge is 0.329 e. The van der Waals surface area contributed by atoms with Crippen LogP contribution in [-0.2, 0) is 0 Å². The molecule has 1 atom stereocenters. The average Bonchev–Trinajstić information content (AvgIpc) is 3.29. The van der Waals surface area contributed by atoms with E-state index in [0.29, 0.717) is 0 Å². The molecule has 2 aromatic rings. The van der Waals surface area contributed by atoms with E-state index in [1.165, 1.54) is 29.7 Å². The van der Waals surface area contributed by atoms with Gasteiger partial charge in [-0.05, 0) is 42.5 Å². The van der Waals surface area contributed by atoms with Crippen molar-refractivity contribution in [2.24, 2.45) is 10.9 Å². The van der Waals surface area contributed by atoms with Crippen LogP contribution >= 0.6 is 24.0 Å². The van der Waals surface area contributed by atoms with E-state index in [4.69, 9.17) is 16.6 Å². The molecular formula is C20H21Cl2N3. The molecule has 2 aliphatic heterocycles. The van der Waals surface area contributed by atoms with Gasteiger partial charge < -0.3 is 9.80 Å². The summed E-state index contributed by atoms with van der Waals surface area (Å²) in [5.74, 6) is 1.96. The predicted molar refractivity (Wildman–Crippen MR) is 106 cm³/mol. The first-order valence-corrected chi connectivity index (χ1v) is 9.12. The van der Waals surface area contributed by atoms with E-state index in [1.807, 2.05) is 6.07 Å². The Morgan fingerprint density at radius 1 is 1.08 bits per heavy atom. The number of halogens is 2. The van der Waals surface area contributed by atoms with E-state index >= 15 is 0 Å². The van der Waals surface area contributed by atoms with Crippen molar-refractivity contribution in [3.63, 3.8) is 0 Å². The first-order valence-electron chi connectivity index (χ1n) is 8.74. The molecule has 5 rings (SSSR count). The van der Waals surface area contributed by atoms with Crippen LogP contribution in [0.4, 0.5) is 5.69 Å². The molecule has 0 N–H and O–H groups in total. The summed E-state index contributed by atoms with van der Waals surface area (Å²) < 4.78 is 0. The van der Waals surface area contributed by atoms with Crippen molar-refractivity contribution < 1.29 is 0 Å². The van der Waals surface area contributed by atoms with Gasteiger partial charge in [0.2, 0.25) is 5.96 Å². The third-order valence-electron chi connectivity index (χ3n) is 5.23. The number of anilines is 1. The molecule has 0 spiro atoms. The molecule has 130 valence electrons. The highest BCUT2D eigenvalue weighted by Gasteiger charge is 2.40. The fraction of sp³-hybridized carbons (Fsp3) is 0.350. The number of hydrogen-bond acceptors (Lipinski definition) is 3. The van der Waals surface area contributed by atoms with Crippen molar-refractivity contribution in [2.75, 3.05) is 24.5 Å². The quantitative estimate of drug-likeness (QED) is 0.772. The van der Waals surface area contributed by atoms with Crippen LogP contribution in [0.3, 0.4) is 0 Å². The second-order valence-electron chi connectivity index (χ2n) is 6.95. The van der Waals surface area contributed by atoms with Crippen molar-refractivity contribution in [3.05, 3.63) is 64.7 Å². The summed E-state index contributed by atoms with van der Waals surface area (Å²) in [4.78, 5) is 9.73. The van der Waals surface area contributed by atoms with Crippen molar-refractivity contribution >= 4 is 35.7 Å². The minimum atomic E-state index is 0. The molecule has 0 radical (unpaired) electrons. The SMILES string of the molecule is Cl.Clc1ccc2c(c1)C(c1ccccc1)N1CCN=C1N2CC1CC1. The summed E-state index contributed by atoms with van der Waals surface area (Å²) >= 11 is 6.37. The second-order valence-corrected chi connectivity index (χ2v) is 7.38. The highest BCUT2D eigenvalue weighted by atomic mass is 35.5. The molecule has 0 bridgehead atoms. The maximum Gasteiger partial charge on any atom is 0.202 e. The Labute approximate surface area is 159 Å². The van der Waals surface area contributed by atoms with Gasteiger partial charge in [-0.25, -0.2) is 0 Å². The van der Waals surface area contributed by atoms with Gasteiger partial charge in [-0.1, -0.05) is 41.9 Å². The molecule has 25 heavy (non-hydrogen) atoms. The fourth-order valence-corrected chi connectivity index (χ4v) is 4.11. The van der Waals surface area contributed by atoms with Gasteiger partial charge >= 0.3 is 0 Å². The predicted octanol–water partition coefficient (Wildman–Crippen LogP) is 4.75. The van der Waals surface area contributed by atoms with Gasteiger partial charge in [0.1, 0.15) is 0 Å². The minimum absolute atomic E-state index is 0. The Morgan fingerprint density at radius 3 is 2.64 bits per heavy atom. The number of nitrogens with zero attached hydrogens (tertiary/aromatic N) is 3. The molecule has 1 unspecified atom stereocenters. The lowest BCUT2D eigenvalue weighted by atomic mass is 9.93. The molecule has 2 aromatic carbocycles. The van der Waals surface area contributed by atoms with E-state index in [2.05, 4.69) is 52.3 Å². The number of rotatable bonds is 3. The zero-order valence-electron chi connectivity index (χ0n) is 13.9. The van der Waals surface area contributed by atoms with Gasteiger partial charge in [0.25, 0.3) is 0 Å². The van der Waals surface area contributed by atoms with Crippen LogP contribution in [0, 0.1) is 5.92 Å². The molecule has 0 amide bonds. The standard InChI is InChI=1S/C20H20ClN3.ClH/c21-16-8-9-18-17(12-16)19(15-4-2-1-3-5-15)23-11-10-22-20(23)24(18)13-14-6-7-14;/h1-5,8-9,12,14,19H,6-7,10-11,13H2;1H. The lowest BCUT2D eigenvalue weighted by molar-refractivity contribution is 0.372. The van der Waals surface area contributed by atoms with Crippen LogP contribution in [0.1, 0.15) is 30.0 Å². The molecule has 1 aliphatic carbocycles. The van der Waals surface area contributed by atoms with Gasteiger partial charge in [0, 0.05) is 29.4 Å². The van der Waals surface area contributed by atoms with Gasteiger partial charge in [0.15, 0.2) is 0 Å². The molecule has 5 heteroatoms. The third kappa shape index (κ3) is 2.90. The molecule has 0 aromatic heterocycles. The van der Waals surface area contributed by atoms with E-state index in [0.717, 1.165) is 36.5 Å². The zero-order valence-corrected chi connectivity index (χ0v) is 15.5. The molecule has 1 fully saturated rings. The Hall–Kier alpha value is -1.71. The average molecular weight is 374 g/mol. The maximum absolute atomic E-state index is 6.37. The fourth-order valence-electron chi connectivity index (χ4n) is 3.93. The molecular weight excluding hydrogens is 353 g/mol.